The maximum Gasteiger partial charge on any atom is 0.240 e. The fraction of sp³-hybridized carbons (Fsp3) is 0.667. The third-order valence-corrected chi connectivity index (χ3v) is 2.44. The molecule has 0 radical (unpaired) electrons. The number of rotatable bonds is 3. The SMILES string of the molecule is CSCC(C)c1nnc(N)n1N. The van der Waals surface area contributed by atoms with E-state index in [1.165, 1.54) is 4.68 Å². The topological polar surface area (TPSA) is 82.8 Å². The standard InChI is InChI=1S/C6H13N5S/c1-4(3-12-2)5-9-10-6(7)11(5)8/h4H,3,8H2,1-2H3,(H2,7,10). The minimum absolute atomic E-state index is 0.262. The van der Waals surface area contributed by atoms with Crippen LogP contribution in [0.15, 0.2) is 0 Å². The number of nitrogen functional groups attached to an aromatic ring is 2. The lowest BCUT2D eigenvalue weighted by Crippen LogP contribution is -2.17. The third-order valence-electron chi connectivity index (χ3n) is 1.61. The van der Waals surface area contributed by atoms with Crippen LogP contribution in [0.2, 0.25) is 0 Å². The van der Waals surface area contributed by atoms with E-state index in [-0.39, 0.29) is 11.9 Å². The summed E-state index contributed by atoms with van der Waals surface area (Å²) in [6.45, 7) is 2.04. The van der Waals surface area contributed by atoms with Gasteiger partial charge in [0.1, 0.15) is 0 Å². The molecule has 1 aromatic rings. The number of hydrogen-bond donors (Lipinski definition) is 2. The maximum absolute atomic E-state index is 5.59. The number of aromatic nitrogens is 3. The summed E-state index contributed by atoms with van der Waals surface area (Å²) >= 11 is 1.75. The van der Waals surface area contributed by atoms with Crippen LogP contribution in [0.5, 0.6) is 0 Å². The first-order valence-corrected chi connectivity index (χ1v) is 5.01. The fourth-order valence-corrected chi connectivity index (χ4v) is 1.63. The van der Waals surface area contributed by atoms with E-state index in [4.69, 9.17) is 11.6 Å². The molecule has 1 aromatic heterocycles. The number of hydrogen-bond acceptors (Lipinski definition) is 5. The van der Waals surface area contributed by atoms with Crippen molar-refractivity contribution in [3.05, 3.63) is 5.82 Å². The van der Waals surface area contributed by atoms with Crippen molar-refractivity contribution >= 4 is 17.7 Å². The largest absolute Gasteiger partial charge is 0.366 e. The minimum Gasteiger partial charge on any atom is -0.366 e. The van der Waals surface area contributed by atoms with Crippen LogP contribution in [0.25, 0.3) is 0 Å². The van der Waals surface area contributed by atoms with Crippen LogP contribution in [0, 0.1) is 0 Å². The number of thioether (sulfide) groups is 1. The van der Waals surface area contributed by atoms with E-state index < -0.39 is 0 Å². The van der Waals surface area contributed by atoms with Crippen molar-refractivity contribution in [3.8, 4) is 0 Å². The number of anilines is 1. The Morgan fingerprint density at radius 2 is 2.25 bits per heavy atom. The average Bonchev–Trinajstić information content (AvgIpc) is 2.34. The lowest BCUT2D eigenvalue weighted by molar-refractivity contribution is 0.742. The monoisotopic (exact) mass is 187 g/mol. The van der Waals surface area contributed by atoms with Crippen molar-refractivity contribution in [2.75, 3.05) is 23.6 Å². The molecular formula is C6H13N5S. The van der Waals surface area contributed by atoms with Crippen LogP contribution in [-0.2, 0) is 0 Å². The zero-order chi connectivity index (χ0) is 9.14. The molecule has 0 bridgehead atoms. The van der Waals surface area contributed by atoms with Crippen LogP contribution in [0.1, 0.15) is 18.7 Å². The van der Waals surface area contributed by atoms with Gasteiger partial charge >= 0.3 is 0 Å². The Kier molecular flexibility index (Phi) is 2.80. The normalized spacial score (nSPS) is 13.2. The van der Waals surface area contributed by atoms with Crippen molar-refractivity contribution in [3.63, 3.8) is 0 Å². The Balaban J connectivity index is 2.80. The van der Waals surface area contributed by atoms with Crippen molar-refractivity contribution in [1.29, 1.82) is 0 Å². The van der Waals surface area contributed by atoms with Gasteiger partial charge < -0.3 is 11.6 Å². The molecule has 0 aliphatic carbocycles. The molecule has 1 rings (SSSR count). The van der Waals surface area contributed by atoms with Gasteiger partial charge in [-0.05, 0) is 6.26 Å². The predicted molar refractivity (Wildman–Crippen MR) is 51.4 cm³/mol. The molecule has 1 unspecified atom stereocenters. The molecule has 1 atom stereocenters. The third kappa shape index (κ3) is 1.63. The summed E-state index contributed by atoms with van der Waals surface area (Å²) < 4.78 is 1.33. The summed E-state index contributed by atoms with van der Waals surface area (Å²) in [5.41, 5.74) is 5.43. The second kappa shape index (κ2) is 3.66. The van der Waals surface area contributed by atoms with Crippen molar-refractivity contribution in [1.82, 2.24) is 14.9 Å². The number of nitrogens with zero attached hydrogens (tertiary/aromatic N) is 3. The highest BCUT2D eigenvalue weighted by atomic mass is 32.2. The van der Waals surface area contributed by atoms with E-state index in [9.17, 15) is 0 Å². The van der Waals surface area contributed by atoms with E-state index in [1.54, 1.807) is 11.8 Å². The van der Waals surface area contributed by atoms with Gasteiger partial charge in [0.25, 0.3) is 0 Å². The van der Waals surface area contributed by atoms with Gasteiger partial charge in [0, 0.05) is 11.7 Å². The molecule has 1 heterocycles. The fourth-order valence-electron chi connectivity index (χ4n) is 0.977. The first-order chi connectivity index (χ1) is 5.66. The molecule has 0 saturated heterocycles. The summed E-state index contributed by atoms with van der Waals surface area (Å²) in [5.74, 6) is 7.85. The van der Waals surface area contributed by atoms with Crippen LogP contribution < -0.4 is 11.6 Å². The molecular weight excluding hydrogens is 174 g/mol. The van der Waals surface area contributed by atoms with Crippen molar-refractivity contribution in [2.24, 2.45) is 0 Å². The minimum atomic E-state index is 0.262. The molecule has 68 valence electrons. The second-order valence-electron chi connectivity index (χ2n) is 2.64. The zero-order valence-corrected chi connectivity index (χ0v) is 8.01. The Hall–Kier alpha value is -0.910. The van der Waals surface area contributed by atoms with E-state index in [0.717, 1.165) is 11.6 Å². The molecule has 0 aliphatic rings. The lowest BCUT2D eigenvalue weighted by atomic mass is 10.2. The zero-order valence-electron chi connectivity index (χ0n) is 7.19. The van der Waals surface area contributed by atoms with Gasteiger partial charge in [-0.2, -0.15) is 11.8 Å². The predicted octanol–water partition coefficient (Wildman–Crippen LogP) is 0.0406. The van der Waals surface area contributed by atoms with Gasteiger partial charge in [-0.1, -0.05) is 6.92 Å². The van der Waals surface area contributed by atoms with Gasteiger partial charge in [0.05, 0.1) is 0 Å². The Labute approximate surface area is 75.5 Å². The maximum atomic E-state index is 5.59. The summed E-state index contributed by atoms with van der Waals surface area (Å²) in [6, 6.07) is 0. The van der Waals surface area contributed by atoms with E-state index in [1.807, 2.05) is 13.2 Å². The molecule has 4 N–H and O–H groups in total. The molecule has 0 aromatic carbocycles. The first-order valence-electron chi connectivity index (χ1n) is 3.61. The molecule has 0 saturated carbocycles. The van der Waals surface area contributed by atoms with Gasteiger partial charge in [-0.3, -0.25) is 0 Å². The van der Waals surface area contributed by atoms with Crippen molar-refractivity contribution < 1.29 is 0 Å². The van der Waals surface area contributed by atoms with Gasteiger partial charge in [-0.25, -0.2) is 4.68 Å². The van der Waals surface area contributed by atoms with Crippen LogP contribution in [0.4, 0.5) is 5.95 Å². The Morgan fingerprint density at radius 3 is 2.67 bits per heavy atom. The van der Waals surface area contributed by atoms with Gasteiger partial charge in [0.15, 0.2) is 5.82 Å². The van der Waals surface area contributed by atoms with Crippen LogP contribution in [0.3, 0.4) is 0 Å². The Bertz CT molecular complexity index is 258. The van der Waals surface area contributed by atoms with Gasteiger partial charge in [-0.15, -0.1) is 10.2 Å². The molecule has 0 amide bonds. The first kappa shape index (κ1) is 9.18. The lowest BCUT2D eigenvalue weighted by Gasteiger charge is -2.07. The molecule has 6 heteroatoms. The van der Waals surface area contributed by atoms with E-state index in [0.29, 0.717) is 0 Å². The molecule has 0 fully saturated rings. The number of nitrogens with two attached hydrogens (primary N) is 2. The summed E-state index contributed by atoms with van der Waals surface area (Å²) in [6.07, 6.45) is 2.04. The van der Waals surface area contributed by atoms with E-state index >= 15 is 0 Å². The Morgan fingerprint density at radius 1 is 1.58 bits per heavy atom. The summed E-state index contributed by atoms with van der Waals surface area (Å²) in [7, 11) is 0. The van der Waals surface area contributed by atoms with Crippen molar-refractivity contribution in [2.45, 2.75) is 12.8 Å². The average molecular weight is 187 g/mol. The highest BCUT2D eigenvalue weighted by Crippen LogP contribution is 2.16. The molecule has 5 nitrogen and oxygen atoms in total. The highest BCUT2D eigenvalue weighted by molar-refractivity contribution is 7.98. The summed E-state index contributed by atoms with van der Waals surface area (Å²) in [5, 5.41) is 7.56. The quantitative estimate of drug-likeness (QED) is 0.653. The van der Waals surface area contributed by atoms with Gasteiger partial charge in [0.2, 0.25) is 5.95 Å². The highest BCUT2D eigenvalue weighted by Gasteiger charge is 2.13. The molecule has 0 spiro atoms. The smallest absolute Gasteiger partial charge is 0.240 e. The summed E-state index contributed by atoms with van der Waals surface area (Å²) in [4.78, 5) is 0. The van der Waals surface area contributed by atoms with Crippen LogP contribution in [-0.4, -0.2) is 26.9 Å². The molecule has 0 aliphatic heterocycles. The van der Waals surface area contributed by atoms with Crippen LogP contribution >= 0.6 is 11.8 Å². The van der Waals surface area contributed by atoms with E-state index in [2.05, 4.69) is 10.2 Å². The molecule has 12 heavy (non-hydrogen) atoms. The second-order valence-corrected chi connectivity index (χ2v) is 3.55.